The highest BCUT2D eigenvalue weighted by molar-refractivity contribution is 6.14. The minimum atomic E-state index is -0.725. The first-order valence-corrected chi connectivity index (χ1v) is 11.0. The summed E-state index contributed by atoms with van der Waals surface area (Å²) in [6.45, 7) is -0.219. The number of nitrogens with one attached hydrogen (secondary N) is 1. The van der Waals surface area contributed by atoms with Crippen LogP contribution in [-0.4, -0.2) is 40.8 Å². The summed E-state index contributed by atoms with van der Waals surface area (Å²) in [5.74, 6) is -1.80. The Bertz CT molecular complexity index is 1490. The molecule has 2 heterocycles. The number of nitro benzene ring substituents is 1. The van der Waals surface area contributed by atoms with Crippen LogP contribution in [0.1, 0.15) is 27.4 Å². The molecule has 1 N–H and O–H groups in total. The molecule has 3 amide bonds. The van der Waals surface area contributed by atoms with Crippen molar-refractivity contribution in [1.82, 2.24) is 10.2 Å². The molecule has 3 aromatic rings. The first-order chi connectivity index (χ1) is 18.2. The number of carbonyl (C=O) groups is 4. The molecule has 0 radical (unpaired) electrons. The third kappa shape index (κ3) is 5.82. The Balaban J connectivity index is 1.45. The van der Waals surface area contributed by atoms with Crippen molar-refractivity contribution in [2.75, 3.05) is 7.11 Å². The number of nitro groups is 1. The molecule has 1 saturated heterocycles. The molecule has 1 aliphatic rings. The summed E-state index contributed by atoms with van der Waals surface area (Å²) in [4.78, 5) is 60.3. The first kappa shape index (κ1) is 25.6. The lowest BCUT2D eigenvalue weighted by molar-refractivity contribution is -0.384. The van der Waals surface area contributed by atoms with Crippen LogP contribution in [0.15, 0.2) is 76.9 Å². The van der Waals surface area contributed by atoms with Gasteiger partial charge in [0.05, 0.1) is 18.6 Å². The normalized spacial score (nSPS) is 14.1. The van der Waals surface area contributed by atoms with Gasteiger partial charge < -0.3 is 19.2 Å². The van der Waals surface area contributed by atoms with Crippen molar-refractivity contribution >= 4 is 41.7 Å². The smallest absolute Gasteiger partial charge is 0.373 e. The number of amides is 3. The number of furan rings is 1. The Hall–Kier alpha value is -5.52. The molecule has 0 bridgehead atoms. The van der Waals surface area contributed by atoms with Gasteiger partial charge in [-0.05, 0) is 48.0 Å². The van der Waals surface area contributed by atoms with Crippen molar-refractivity contribution in [3.05, 3.63) is 105 Å². The molecule has 1 aromatic heterocycles. The van der Waals surface area contributed by atoms with Gasteiger partial charge in [0.25, 0.3) is 11.6 Å². The van der Waals surface area contributed by atoms with Crippen LogP contribution in [0.4, 0.5) is 10.5 Å². The molecule has 4 rings (SSSR count). The Labute approximate surface area is 214 Å². The first-order valence-electron chi connectivity index (χ1n) is 11.0. The van der Waals surface area contributed by atoms with Gasteiger partial charge in [0.2, 0.25) is 5.76 Å². The maximum atomic E-state index is 12.9. The Morgan fingerprint density at radius 3 is 2.53 bits per heavy atom. The van der Waals surface area contributed by atoms with Crippen molar-refractivity contribution in [2.45, 2.75) is 6.54 Å². The van der Waals surface area contributed by atoms with E-state index in [-0.39, 0.29) is 35.2 Å². The van der Waals surface area contributed by atoms with E-state index < -0.39 is 28.8 Å². The number of non-ortho nitro benzene ring substituents is 1. The zero-order chi connectivity index (χ0) is 27.2. The van der Waals surface area contributed by atoms with E-state index in [9.17, 15) is 29.3 Å². The molecule has 0 unspecified atom stereocenters. The highest BCUT2D eigenvalue weighted by Crippen LogP contribution is 2.24. The fraction of sp³-hybridized carbons (Fsp3) is 0.0769. The van der Waals surface area contributed by atoms with Crippen LogP contribution in [0.2, 0.25) is 0 Å². The van der Waals surface area contributed by atoms with Gasteiger partial charge in [-0.3, -0.25) is 19.8 Å². The highest BCUT2D eigenvalue weighted by atomic mass is 16.6. The number of ether oxygens (including phenoxy) is 2. The number of carbonyl (C=O) groups excluding carboxylic acids is 4. The van der Waals surface area contributed by atoms with E-state index in [1.54, 1.807) is 18.2 Å². The van der Waals surface area contributed by atoms with Crippen LogP contribution >= 0.6 is 0 Å². The van der Waals surface area contributed by atoms with Gasteiger partial charge in [-0.2, -0.15) is 0 Å². The molecule has 0 saturated carbocycles. The van der Waals surface area contributed by atoms with Crippen molar-refractivity contribution in [3.63, 3.8) is 0 Å². The van der Waals surface area contributed by atoms with E-state index >= 15 is 0 Å². The minimum Gasteiger partial charge on any atom is -0.463 e. The third-order valence-corrected chi connectivity index (χ3v) is 5.27. The topological polar surface area (TPSA) is 158 Å². The monoisotopic (exact) mass is 517 g/mol. The van der Waals surface area contributed by atoms with Crippen LogP contribution < -0.4 is 10.1 Å². The van der Waals surface area contributed by atoms with Gasteiger partial charge >= 0.3 is 18.0 Å². The lowest BCUT2D eigenvalue weighted by Crippen LogP contribution is -2.30. The van der Waals surface area contributed by atoms with E-state index in [1.807, 2.05) is 0 Å². The van der Waals surface area contributed by atoms with Gasteiger partial charge in [0.1, 0.15) is 17.2 Å². The number of hydrogen-bond donors (Lipinski definition) is 1. The molecule has 192 valence electrons. The molecule has 12 heteroatoms. The number of hydrogen-bond acceptors (Lipinski definition) is 9. The molecule has 0 spiro atoms. The summed E-state index contributed by atoms with van der Waals surface area (Å²) in [5, 5.41) is 13.2. The molecular weight excluding hydrogens is 498 g/mol. The number of esters is 2. The quantitative estimate of drug-likeness (QED) is 0.117. The maximum Gasteiger partial charge on any atom is 0.373 e. The van der Waals surface area contributed by atoms with Gasteiger partial charge in [-0.15, -0.1) is 0 Å². The number of rotatable bonds is 8. The van der Waals surface area contributed by atoms with Crippen LogP contribution in [-0.2, 0) is 20.9 Å². The van der Waals surface area contributed by atoms with Gasteiger partial charge in [0.15, 0.2) is 0 Å². The lowest BCUT2D eigenvalue weighted by atomic mass is 10.1. The molecule has 12 nitrogen and oxygen atoms in total. The summed E-state index contributed by atoms with van der Waals surface area (Å²) >= 11 is 0. The average molecular weight is 517 g/mol. The zero-order valence-electron chi connectivity index (χ0n) is 19.8. The maximum absolute atomic E-state index is 12.9. The number of benzene rings is 2. The summed E-state index contributed by atoms with van der Waals surface area (Å²) in [6.07, 6.45) is 3.96. The number of urea groups is 1. The fourth-order valence-corrected chi connectivity index (χ4v) is 3.41. The fourth-order valence-electron chi connectivity index (χ4n) is 3.41. The Kier molecular flexibility index (Phi) is 7.43. The van der Waals surface area contributed by atoms with E-state index in [1.165, 1.54) is 61.7 Å². The third-order valence-electron chi connectivity index (χ3n) is 5.27. The molecular formula is C26H19N3O9. The number of methoxy groups -OCH3 is 1. The summed E-state index contributed by atoms with van der Waals surface area (Å²) in [7, 11) is 1.20. The molecule has 1 aliphatic heterocycles. The van der Waals surface area contributed by atoms with Gasteiger partial charge in [-0.25, -0.2) is 14.4 Å². The average Bonchev–Trinajstić information content (AvgIpc) is 3.48. The molecule has 0 aliphatic carbocycles. The minimum absolute atomic E-state index is 0.0559. The largest absolute Gasteiger partial charge is 0.463 e. The van der Waals surface area contributed by atoms with Gasteiger partial charge in [-0.1, -0.05) is 18.2 Å². The Morgan fingerprint density at radius 2 is 1.82 bits per heavy atom. The van der Waals surface area contributed by atoms with E-state index in [0.29, 0.717) is 11.1 Å². The number of imide groups is 1. The number of para-hydroxylation sites is 1. The SMILES string of the molecule is COC(=O)c1ccc(CN2C(=O)N/C(=C/c3ccccc3OC(=O)/C=C/c3ccc([N+](=O)[O-])cc3)C2=O)o1. The molecule has 38 heavy (non-hydrogen) atoms. The van der Waals surface area contributed by atoms with Crippen LogP contribution in [0.25, 0.3) is 12.2 Å². The van der Waals surface area contributed by atoms with Crippen molar-refractivity contribution in [1.29, 1.82) is 0 Å². The van der Waals surface area contributed by atoms with Crippen molar-refractivity contribution in [2.24, 2.45) is 0 Å². The van der Waals surface area contributed by atoms with Crippen LogP contribution in [0, 0.1) is 10.1 Å². The van der Waals surface area contributed by atoms with Crippen molar-refractivity contribution < 1.29 is 38.0 Å². The second-order valence-electron chi connectivity index (χ2n) is 7.78. The van der Waals surface area contributed by atoms with E-state index in [4.69, 9.17) is 9.15 Å². The predicted octanol–water partition coefficient (Wildman–Crippen LogP) is 3.69. The second kappa shape index (κ2) is 11.0. The Morgan fingerprint density at radius 1 is 1.08 bits per heavy atom. The van der Waals surface area contributed by atoms with Crippen molar-refractivity contribution in [3.8, 4) is 5.75 Å². The second-order valence-corrected chi connectivity index (χ2v) is 7.78. The summed E-state index contributed by atoms with van der Waals surface area (Å²) in [5.41, 5.74) is 0.771. The number of nitrogens with zero attached hydrogens (tertiary/aromatic N) is 2. The predicted molar refractivity (Wildman–Crippen MR) is 131 cm³/mol. The van der Waals surface area contributed by atoms with E-state index in [0.717, 1.165) is 11.0 Å². The summed E-state index contributed by atoms with van der Waals surface area (Å²) in [6, 6.07) is 14.1. The molecule has 1 fully saturated rings. The van der Waals surface area contributed by atoms with E-state index in [2.05, 4.69) is 10.1 Å². The lowest BCUT2D eigenvalue weighted by Gasteiger charge is -2.09. The zero-order valence-corrected chi connectivity index (χ0v) is 19.8. The standard InChI is InChI=1S/C26H19N3O9/c1-36-25(32)22-12-11-19(37-22)15-28-24(31)20(27-26(28)33)14-17-4-2-3-5-21(17)38-23(30)13-8-16-6-9-18(10-7-16)29(34)35/h2-14H,15H2,1H3,(H,27,33)/b13-8+,20-14+. The summed E-state index contributed by atoms with van der Waals surface area (Å²) < 4.78 is 15.3. The molecule has 2 aromatic carbocycles. The van der Waals surface area contributed by atoms with Crippen LogP contribution in [0.5, 0.6) is 5.75 Å². The van der Waals surface area contributed by atoms with Crippen LogP contribution in [0.3, 0.4) is 0 Å². The van der Waals surface area contributed by atoms with Gasteiger partial charge in [0, 0.05) is 23.8 Å². The highest BCUT2D eigenvalue weighted by Gasteiger charge is 2.34. The molecule has 0 atom stereocenters.